The normalized spacial score (nSPS) is 11.9. The zero-order chi connectivity index (χ0) is 14.9. The van der Waals surface area contributed by atoms with Crippen molar-refractivity contribution < 1.29 is 14.0 Å². The lowest BCUT2D eigenvalue weighted by Crippen LogP contribution is -2.31. The summed E-state index contributed by atoms with van der Waals surface area (Å²) in [6.07, 6.45) is 0. The number of hydrogen-bond donors (Lipinski definition) is 1. The summed E-state index contributed by atoms with van der Waals surface area (Å²) in [5, 5.41) is 12.0. The third-order valence-corrected chi connectivity index (χ3v) is 3.37. The van der Waals surface area contributed by atoms with Crippen molar-refractivity contribution in [3.63, 3.8) is 0 Å². The van der Waals surface area contributed by atoms with Crippen molar-refractivity contribution in [2.75, 3.05) is 7.05 Å². The van der Waals surface area contributed by atoms with Gasteiger partial charge in [-0.1, -0.05) is 15.9 Å². The van der Waals surface area contributed by atoms with E-state index in [0.717, 1.165) is 15.4 Å². The Bertz CT molecular complexity index is 743. The van der Waals surface area contributed by atoms with Crippen LogP contribution in [0.5, 0.6) is 0 Å². The molecule has 1 atom stereocenters. The molecule has 1 amide bonds. The predicted octanol–water partition coefficient (Wildman–Crippen LogP) is 2.57. The number of nitrogens with one attached hydrogen (secondary N) is 1. The number of amides is 1. The molecule has 0 bridgehead atoms. The predicted molar refractivity (Wildman–Crippen MR) is 76.2 cm³/mol. The van der Waals surface area contributed by atoms with Crippen LogP contribution in [0.1, 0.15) is 16.1 Å². The second-order valence-electron chi connectivity index (χ2n) is 4.29. The number of Topliss-reactive ketones (excluding diaryl/α,β-unsaturated/α-hetero) is 1. The van der Waals surface area contributed by atoms with Crippen LogP contribution < -0.4 is 5.32 Å². The maximum atomic E-state index is 12.2. The van der Waals surface area contributed by atoms with Crippen molar-refractivity contribution in [1.29, 1.82) is 5.26 Å². The van der Waals surface area contributed by atoms with Crippen LogP contribution in [0, 0.1) is 24.2 Å². The van der Waals surface area contributed by atoms with E-state index in [4.69, 9.17) is 9.68 Å². The Morgan fingerprint density at radius 2 is 2.10 bits per heavy atom. The molecule has 0 radical (unpaired) electrons. The maximum Gasteiger partial charge on any atom is 0.245 e. The first kappa shape index (κ1) is 14.3. The number of nitriles is 1. The zero-order valence-corrected chi connectivity index (χ0v) is 12.4. The third-order valence-electron chi connectivity index (χ3n) is 2.91. The molecule has 0 spiro atoms. The van der Waals surface area contributed by atoms with E-state index in [0.29, 0.717) is 5.58 Å². The lowest BCUT2D eigenvalue weighted by atomic mass is 10.0. The number of aryl methyl sites for hydroxylation is 1. The van der Waals surface area contributed by atoms with Gasteiger partial charge in [0.2, 0.25) is 11.7 Å². The van der Waals surface area contributed by atoms with Crippen LogP contribution in [-0.2, 0) is 4.79 Å². The van der Waals surface area contributed by atoms with Crippen LogP contribution in [0.3, 0.4) is 0 Å². The number of carbonyl (C=O) groups excluding carboxylic acids is 2. The smallest absolute Gasteiger partial charge is 0.245 e. The Hall–Kier alpha value is -2.13. The topological polar surface area (TPSA) is 83.1 Å². The van der Waals surface area contributed by atoms with Crippen molar-refractivity contribution in [2.24, 2.45) is 5.92 Å². The number of carbonyl (C=O) groups is 2. The maximum absolute atomic E-state index is 12.2. The molecule has 2 aromatic rings. The summed E-state index contributed by atoms with van der Waals surface area (Å²) in [6.45, 7) is 1.85. The van der Waals surface area contributed by atoms with E-state index < -0.39 is 17.6 Å². The van der Waals surface area contributed by atoms with E-state index in [1.165, 1.54) is 7.05 Å². The highest BCUT2D eigenvalue weighted by Gasteiger charge is 2.29. The molecule has 6 heteroatoms. The van der Waals surface area contributed by atoms with Gasteiger partial charge < -0.3 is 9.73 Å². The minimum Gasteiger partial charge on any atom is -0.453 e. The average Bonchev–Trinajstić information content (AvgIpc) is 2.83. The number of hydrogen-bond acceptors (Lipinski definition) is 4. The number of ketones is 1. The molecule has 1 aromatic carbocycles. The van der Waals surface area contributed by atoms with Crippen LogP contribution in [0.4, 0.5) is 0 Å². The summed E-state index contributed by atoms with van der Waals surface area (Å²) in [6, 6.07) is 6.91. The monoisotopic (exact) mass is 334 g/mol. The summed E-state index contributed by atoms with van der Waals surface area (Å²) in [4.78, 5) is 23.6. The molecule has 0 saturated carbocycles. The molecule has 102 valence electrons. The van der Waals surface area contributed by atoms with E-state index >= 15 is 0 Å². The molecule has 5 nitrogen and oxygen atoms in total. The molecular formula is C14H11BrN2O3. The number of furan rings is 1. The highest BCUT2D eigenvalue weighted by molar-refractivity contribution is 9.10. The van der Waals surface area contributed by atoms with Crippen LogP contribution in [-0.4, -0.2) is 18.7 Å². The van der Waals surface area contributed by atoms with Gasteiger partial charge in [-0.3, -0.25) is 9.59 Å². The Balaban J connectivity index is 2.48. The van der Waals surface area contributed by atoms with Gasteiger partial charge in [0.15, 0.2) is 11.7 Å². The highest BCUT2D eigenvalue weighted by Crippen LogP contribution is 2.28. The first-order valence-electron chi connectivity index (χ1n) is 5.83. The molecular weight excluding hydrogens is 324 g/mol. The van der Waals surface area contributed by atoms with Crippen molar-refractivity contribution in [2.45, 2.75) is 6.92 Å². The molecule has 1 N–H and O–H groups in total. The van der Waals surface area contributed by atoms with E-state index in [1.807, 2.05) is 19.1 Å². The van der Waals surface area contributed by atoms with Gasteiger partial charge in [-0.15, -0.1) is 0 Å². The van der Waals surface area contributed by atoms with E-state index in [9.17, 15) is 9.59 Å². The summed E-state index contributed by atoms with van der Waals surface area (Å²) in [5.74, 6) is -2.67. The fourth-order valence-corrected chi connectivity index (χ4v) is 2.52. The number of halogens is 1. The first-order valence-corrected chi connectivity index (χ1v) is 6.62. The van der Waals surface area contributed by atoms with Gasteiger partial charge in [-0.25, -0.2) is 0 Å². The number of fused-ring (bicyclic) bond motifs is 1. The van der Waals surface area contributed by atoms with Gasteiger partial charge >= 0.3 is 0 Å². The molecule has 1 unspecified atom stereocenters. The largest absolute Gasteiger partial charge is 0.453 e. The molecule has 0 aliphatic carbocycles. The van der Waals surface area contributed by atoms with Crippen molar-refractivity contribution in [3.8, 4) is 6.07 Å². The first-order chi connectivity index (χ1) is 9.47. The Morgan fingerprint density at radius 3 is 2.70 bits per heavy atom. The molecule has 2 rings (SSSR count). The van der Waals surface area contributed by atoms with Gasteiger partial charge in [-0.05, 0) is 30.7 Å². The van der Waals surface area contributed by atoms with Crippen molar-refractivity contribution in [1.82, 2.24) is 5.32 Å². The minimum absolute atomic E-state index is 0.0105. The van der Waals surface area contributed by atoms with Gasteiger partial charge in [0.05, 0.1) is 6.07 Å². The lowest BCUT2D eigenvalue weighted by molar-refractivity contribution is -0.121. The molecule has 1 heterocycles. The van der Waals surface area contributed by atoms with Gasteiger partial charge in [0.1, 0.15) is 5.58 Å². The van der Waals surface area contributed by atoms with Crippen LogP contribution in [0.15, 0.2) is 27.1 Å². The summed E-state index contributed by atoms with van der Waals surface area (Å²) < 4.78 is 6.36. The lowest BCUT2D eigenvalue weighted by Gasteiger charge is -2.03. The molecule has 0 fully saturated rings. The van der Waals surface area contributed by atoms with Crippen LogP contribution in [0.2, 0.25) is 0 Å². The molecule has 0 saturated heterocycles. The van der Waals surface area contributed by atoms with E-state index in [2.05, 4.69) is 21.2 Å². The average molecular weight is 335 g/mol. The minimum atomic E-state index is -1.40. The second-order valence-corrected chi connectivity index (χ2v) is 5.21. The number of nitrogens with zero attached hydrogens (tertiary/aromatic N) is 1. The van der Waals surface area contributed by atoms with Crippen LogP contribution >= 0.6 is 15.9 Å². The standard InChI is InChI=1S/C14H11BrN2O3/c1-7-3-9(15)4-8-5-11(20-13(7)8)12(18)10(6-16)14(19)17-2/h3-5,10H,1-2H3,(H,17,19). The summed E-state index contributed by atoms with van der Waals surface area (Å²) in [5.41, 5.74) is 1.44. The van der Waals surface area contributed by atoms with Gasteiger partial charge in [-0.2, -0.15) is 5.26 Å². The summed E-state index contributed by atoms with van der Waals surface area (Å²) >= 11 is 3.36. The van der Waals surface area contributed by atoms with Crippen LogP contribution in [0.25, 0.3) is 11.0 Å². The fraction of sp³-hybridized carbons (Fsp3) is 0.214. The fourth-order valence-electron chi connectivity index (χ4n) is 1.93. The molecule has 0 aliphatic heterocycles. The SMILES string of the molecule is CNC(=O)C(C#N)C(=O)c1cc2cc(Br)cc(C)c2o1. The summed E-state index contributed by atoms with van der Waals surface area (Å²) in [7, 11) is 1.37. The second kappa shape index (κ2) is 5.47. The zero-order valence-electron chi connectivity index (χ0n) is 10.9. The molecule has 20 heavy (non-hydrogen) atoms. The Morgan fingerprint density at radius 1 is 1.40 bits per heavy atom. The number of benzene rings is 1. The Labute approximate surface area is 123 Å². The van der Waals surface area contributed by atoms with E-state index in [-0.39, 0.29) is 5.76 Å². The molecule has 1 aromatic heterocycles. The van der Waals surface area contributed by atoms with E-state index in [1.54, 1.807) is 12.1 Å². The quantitative estimate of drug-likeness (QED) is 0.690. The van der Waals surface area contributed by atoms with Crippen molar-refractivity contribution >= 4 is 38.6 Å². The van der Waals surface area contributed by atoms with Gasteiger partial charge in [0, 0.05) is 16.9 Å². The number of rotatable bonds is 3. The third kappa shape index (κ3) is 2.45. The van der Waals surface area contributed by atoms with Crippen molar-refractivity contribution in [3.05, 3.63) is 34.0 Å². The van der Waals surface area contributed by atoms with Gasteiger partial charge in [0.25, 0.3) is 0 Å². The Kier molecular flexibility index (Phi) is 3.91. The molecule has 0 aliphatic rings. The highest BCUT2D eigenvalue weighted by atomic mass is 79.9.